The van der Waals surface area contributed by atoms with Gasteiger partial charge in [0, 0.05) is 18.2 Å². The highest BCUT2D eigenvalue weighted by Gasteiger charge is 2.25. The van der Waals surface area contributed by atoms with Crippen molar-refractivity contribution in [1.29, 1.82) is 0 Å². The van der Waals surface area contributed by atoms with Crippen LogP contribution >= 0.6 is 11.6 Å². The van der Waals surface area contributed by atoms with Crippen LogP contribution in [0.4, 0.5) is 5.69 Å². The number of hydrazine groups is 1. The first kappa shape index (κ1) is 21.4. The third kappa shape index (κ3) is 4.61. The Morgan fingerprint density at radius 2 is 1.33 bits per heavy atom. The highest BCUT2D eigenvalue weighted by atomic mass is 35.5. The van der Waals surface area contributed by atoms with E-state index >= 15 is 0 Å². The number of halogens is 1. The molecule has 0 unspecified atom stereocenters. The van der Waals surface area contributed by atoms with Gasteiger partial charge in [-0.1, -0.05) is 48.0 Å². The molecule has 0 bridgehead atoms. The van der Waals surface area contributed by atoms with Gasteiger partial charge in [0.1, 0.15) is 4.90 Å². The van der Waals surface area contributed by atoms with Crippen molar-refractivity contribution in [1.82, 2.24) is 10.9 Å². The zero-order valence-corrected chi connectivity index (χ0v) is 17.4. The molecule has 0 saturated carbocycles. The zero-order valence-electron chi connectivity index (χ0n) is 15.9. The third-order valence-electron chi connectivity index (χ3n) is 4.28. The van der Waals surface area contributed by atoms with Gasteiger partial charge >= 0.3 is 0 Å². The summed E-state index contributed by atoms with van der Waals surface area (Å²) in [5.41, 5.74) is 5.38. The summed E-state index contributed by atoms with van der Waals surface area (Å²) in [5.74, 6) is -1.19. The summed E-state index contributed by atoms with van der Waals surface area (Å²) in [6.45, 7) is 0. The predicted molar refractivity (Wildman–Crippen MR) is 115 cm³/mol. The van der Waals surface area contributed by atoms with Gasteiger partial charge in [-0.15, -0.1) is 0 Å². The molecule has 2 amide bonds. The summed E-state index contributed by atoms with van der Waals surface area (Å²) in [6.07, 6.45) is 0. The summed E-state index contributed by atoms with van der Waals surface area (Å²) < 4.78 is 27.1. The van der Waals surface area contributed by atoms with Crippen LogP contribution in [-0.2, 0) is 10.0 Å². The summed E-state index contributed by atoms with van der Waals surface area (Å²) >= 11 is 6.12. The molecule has 0 heterocycles. The van der Waals surface area contributed by atoms with Crippen molar-refractivity contribution in [3.8, 4) is 0 Å². The van der Waals surface area contributed by atoms with Crippen molar-refractivity contribution >= 4 is 39.1 Å². The van der Waals surface area contributed by atoms with Crippen molar-refractivity contribution in [3.05, 3.63) is 95.0 Å². The largest absolute Gasteiger partial charge is 0.269 e. The van der Waals surface area contributed by atoms with Gasteiger partial charge in [0.2, 0.25) is 0 Å². The van der Waals surface area contributed by atoms with Crippen molar-refractivity contribution < 1.29 is 18.0 Å². The fourth-order valence-corrected chi connectivity index (χ4v) is 4.31. The second-order valence-electron chi connectivity index (χ2n) is 6.23. The SMILES string of the molecule is CN(c1ccccc1)S(=O)(=O)c1cc(C(=O)NNC(=O)c2ccccc2)ccc1Cl. The van der Waals surface area contributed by atoms with Crippen LogP contribution in [0.3, 0.4) is 0 Å². The lowest BCUT2D eigenvalue weighted by atomic mass is 10.2. The number of hydrogen-bond donors (Lipinski definition) is 2. The molecule has 9 heteroatoms. The Bertz CT molecular complexity index is 1170. The first-order valence-electron chi connectivity index (χ1n) is 8.80. The minimum absolute atomic E-state index is 0.0211. The van der Waals surface area contributed by atoms with E-state index in [-0.39, 0.29) is 15.5 Å². The van der Waals surface area contributed by atoms with Crippen LogP contribution < -0.4 is 15.2 Å². The van der Waals surface area contributed by atoms with Crippen molar-refractivity contribution in [2.75, 3.05) is 11.4 Å². The molecule has 0 radical (unpaired) electrons. The fraction of sp³-hybridized carbons (Fsp3) is 0.0476. The molecule has 154 valence electrons. The van der Waals surface area contributed by atoms with Crippen molar-refractivity contribution in [2.45, 2.75) is 4.90 Å². The van der Waals surface area contributed by atoms with Gasteiger partial charge < -0.3 is 0 Å². The lowest BCUT2D eigenvalue weighted by molar-refractivity contribution is 0.0846. The Morgan fingerprint density at radius 1 is 0.800 bits per heavy atom. The molecule has 2 N–H and O–H groups in total. The number of hydrogen-bond acceptors (Lipinski definition) is 4. The molecule has 7 nitrogen and oxygen atoms in total. The number of benzene rings is 3. The standard InChI is InChI=1S/C21H18ClN3O4S/c1-25(17-10-6-3-7-11-17)30(28,29)19-14-16(12-13-18(19)22)21(27)24-23-20(26)15-8-4-2-5-9-15/h2-14H,1H3,(H,23,26)(H,24,27). The molecule has 0 fully saturated rings. The Balaban J connectivity index is 1.80. The molecule has 30 heavy (non-hydrogen) atoms. The highest BCUT2D eigenvalue weighted by molar-refractivity contribution is 7.93. The lowest BCUT2D eigenvalue weighted by Gasteiger charge is -2.20. The summed E-state index contributed by atoms with van der Waals surface area (Å²) in [4.78, 5) is 24.3. The topological polar surface area (TPSA) is 95.6 Å². The van der Waals surface area contributed by atoms with Crippen molar-refractivity contribution in [3.63, 3.8) is 0 Å². The second kappa shape index (κ2) is 8.98. The number of carbonyl (C=O) groups is 2. The molecule has 0 spiro atoms. The summed E-state index contributed by atoms with van der Waals surface area (Å²) in [7, 11) is -2.62. The molecule has 0 aliphatic carbocycles. The maximum Gasteiger partial charge on any atom is 0.269 e. The number of anilines is 1. The molecular formula is C21H18ClN3O4S. The number of nitrogens with zero attached hydrogens (tertiary/aromatic N) is 1. The van der Waals surface area contributed by atoms with Gasteiger partial charge in [0.15, 0.2) is 0 Å². The van der Waals surface area contributed by atoms with E-state index in [0.717, 1.165) is 4.31 Å². The van der Waals surface area contributed by atoms with Gasteiger partial charge in [-0.25, -0.2) is 8.42 Å². The number of carbonyl (C=O) groups excluding carboxylic acids is 2. The van der Waals surface area contributed by atoms with E-state index in [1.165, 1.54) is 25.2 Å². The lowest BCUT2D eigenvalue weighted by Crippen LogP contribution is -2.41. The molecule has 3 aromatic carbocycles. The monoisotopic (exact) mass is 443 g/mol. The first-order valence-corrected chi connectivity index (χ1v) is 10.6. The Morgan fingerprint density at radius 3 is 1.93 bits per heavy atom. The van der Waals surface area contributed by atoms with Crippen LogP contribution in [0.5, 0.6) is 0 Å². The Labute approximate surface area is 179 Å². The molecule has 3 rings (SSSR count). The average molecular weight is 444 g/mol. The first-order chi connectivity index (χ1) is 14.3. The maximum absolute atomic E-state index is 13.0. The number of nitrogens with one attached hydrogen (secondary N) is 2. The van der Waals surface area contributed by atoms with E-state index in [2.05, 4.69) is 10.9 Å². The zero-order chi connectivity index (χ0) is 21.7. The van der Waals surface area contributed by atoms with Gasteiger partial charge in [-0.05, 0) is 42.5 Å². The fourth-order valence-electron chi connectivity index (χ4n) is 2.61. The number of rotatable bonds is 5. The molecular weight excluding hydrogens is 426 g/mol. The Hall–Kier alpha value is -3.36. The summed E-state index contributed by atoms with van der Waals surface area (Å²) in [6, 6.07) is 20.7. The molecule has 0 atom stereocenters. The van der Waals surface area contributed by atoms with E-state index < -0.39 is 21.8 Å². The van der Waals surface area contributed by atoms with Gasteiger partial charge in [0.05, 0.1) is 10.7 Å². The minimum atomic E-state index is -4.02. The van der Waals surface area contributed by atoms with Crippen LogP contribution in [0, 0.1) is 0 Å². The van der Waals surface area contributed by atoms with Crippen LogP contribution in [0.15, 0.2) is 83.8 Å². The van der Waals surface area contributed by atoms with E-state index in [4.69, 9.17) is 11.6 Å². The Kier molecular flexibility index (Phi) is 6.39. The molecule has 3 aromatic rings. The number of sulfonamides is 1. The van der Waals surface area contributed by atoms with Crippen LogP contribution in [0.25, 0.3) is 0 Å². The van der Waals surface area contributed by atoms with Crippen molar-refractivity contribution in [2.24, 2.45) is 0 Å². The van der Waals surface area contributed by atoms with E-state index in [1.807, 2.05) is 0 Å². The van der Waals surface area contributed by atoms with Gasteiger partial charge in [-0.2, -0.15) is 0 Å². The highest BCUT2D eigenvalue weighted by Crippen LogP contribution is 2.28. The average Bonchev–Trinajstić information content (AvgIpc) is 2.78. The second-order valence-corrected chi connectivity index (χ2v) is 8.57. The molecule has 0 saturated heterocycles. The number of para-hydroxylation sites is 1. The molecule has 0 aliphatic rings. The normalized spacial score (nSPS) is 10.9. The third-order valence-corrected chi connectivity index (χ3v) is 6.54. The smallest absolute Gasteiger partial charge is 0.269 e. The van der Waals surface area contributed by atoms with E-state index in [1.54, 1.807) is 60.7 Å². The van der Waals surface area contributed by atoms with E-state index in [9.17, 15) is 18.0 Å². The number of amides is 2. The molecule has 0 aliphatic heterocycles. The maximum atomic E-state index is 13.0. The predicted octanol–water partition coefficient (Wildman–Crippen LogP) is 3.24. The van der Waals surface area contributed by atoms with E-state index in [0.29, 0.717) is 11.3 Å². The van der Waals surface area contributed by atoms with Gasteiger partial charge in [-0.3, -0.25) is 24.7 Å². The van der Waals surface area contributed by atoms with Crippen LogP contribution in [0.2, 0.25) is 5.02 Å². The summed E-state index contributed by atoms with van der Waals surface area (Å²) in [5, 5.41) is -0.0253. The van der Waals surface area contributed by atoms with Crippen LogP contribution in [-0.4, -0.2) is 27.3 Å². The minimum Gasteiger partial charge on any atom is -0.269 e. The quantitative estimate of drug-likeness (QED) is 0.592. The molecule has 0 aromatic heterocycles. The van der Waals surface area contributed by atoms with Crippen LogP contribution in [0.1, 0.15) is 20.7 Å². The van der Waals surface area contributed by atoms with Gasteiger partial charge in [0.25, 0.3) is 21.8 Å².